The molecule has 4 nitrogen and oxygen atoms in total. The molecular formula is C5H17NNaO3P. The Labute approximate surface area is 90.1 Å². The molecule has 0 heterocycles. The van der Waals surface area contributed by atoms with Crippen LogP contribution in [0.1, 0.15) is 6.92 Å². The average molecular weight is 193 g/mol. The van der Waals surface area contributed by atoms with Gasteiger partial charge in [0.25, 0.3) is 0 Å². The number of hydrogen-bond acceptors (Lipinski definition) is 4. The van der Waals surface area contributed by atoms with E-state index in [4.69, 9.17) is 14.6 Å². The van der Waals surface area contributed by atoms with E-state index in [-0.39, 0.29) is 29.6 Å². The summed E-state index contributed by atoms with van der Waals surface area (Å²) in [5.74, 6) is 0. The van der Waals surface area contributed by atoms with E-state index >= 15 is 0 Å². The van der Waals surface area contributed by atoms with Gasteiger partial charge in [-0.05, 0) is 0 Å². The summed E-state index contributed by atoms with van der Waals surface area (Å²) in [7, 11) is -2.85. The van der Waals surface area contributed by atoms with Crippen LogP contribution < -0.4 is 5.48 Å². The fourth-order valence-corrected chi connectivity index (χ4v) is 1.04. The first-order valence-corrected chi connectivity index (χ1v) is 5.96. The third-order valence-corrected chi connectivity index (χ3v) is 2.14. The van der Waals surface area contributed by atoms with Crippen LogP contribution in [0.5, 0.6) is 0 Å². The summed E-state index contributed by atoms with van der Waals surface area (Å²) in [5.41, 5.74) is 2.61. The molecule has 0 amide bonds. The van der Waals surface area contributed by atoms with Crippen LogP contribution in [0.4, 0.5) is 0 Å². The van der Waals surface area contributed by atoms with E-state index in [2.05, 4.69) is 5.48 Å². The Hall–Kier alpha value is 1.27. The normalized spacial score (nSPS) is 12.4. The second-order valence-corrected chi connectivity index (χ2v) is 5.23. The summed E-state index contributed by atoms with van der Waals surface area (Å²) in [4.78, 5) is 22.6. The van der Waals surface area contributed by atoms with Crippen LogP contribution in [0, 0.1) is 0 Å². The van der Waals surface area contributed by atoms with Gasteiger partial charge in [0.1, 0.15) is 0 Å². The number of hydroxylamine groups is 1. The SMILES string of the molecule is CCONCC[PH](C)(O)O.[NaH]. The second-order valence-electron chi connectivity index (χ2n) is 2.29. The Bertz CT molecular complexity index is 88.3. The van der Waals surface area contributed by atoms with E-state index in [0.717, 1.165) is 0 Å². The molecule has 0 rings (SSSR count). The molecule has 0 aromatic rings. The van der Waals surface area contributed by atoms with Crippen LogP contribution in [0.25, 0.3) is 0 Å². The Balaban J connectivity index is 0. The quantitative estimate of drug-likeness (QED) is 0.228. The summed E-state index contributed by atoms with van der Waals surface area (Å²) in [5, 5.41) is 0. The molecule has 0 saturated heterocycles. The first-order chi connectivity index (χ1) is 4.56. The van der Waals surface area contributed by atoms with Gasteiger partial charge in [0.05, 0.1) is 0 Å². The number of hydrogen-bond donors (Lipinski definition) is 3. The van der Waals surface area contributed by atoms with E-state index in [0.29, 0.717) is 19.3 Å². The van der Waals surface area contributed by atoms with E-state index < -0.39 is 7.72 Å². The molecular weight excluding hydrogens is 176 g/mol. The van der Waals surface area contributed by atoms with Gasteiger partial charge in [-0.3, -0.25) is 0 Å². The molecule has 6 heteroatoms. The van der Waals surface area contributed by atoms with Crippen molar-refractivity contribution in [1.29, 1.82) is 0 Å². The van der Waals surface area contributed by atoms with Gasteiger partial charge in [-0.25, -0.2) is 0 Å². The molecule has 0 aliphatic heterocycles. The zero-order valence-electron chi connectivity index (χ0n) is 6.42. The Morgan fingerprint density at radius 2 is 2.00 bits per heavy atom. The topological polar surface area (TPSA) is 61.7 Å². The fraction of sp³-hybridized carbons (Fsp3) is 1.00. The minimum absolute atomic E-state index is 0. The second kappa shape index (κ2) is 7.90. The standard InChI is InChI=1S/C5H16NO3P.Na.H/c1-3-9-6-4-5-10(2,7)8;;/h6-8,10H,3-5H2,1-2H3;;. The summed E-state index contributed by atoms with van der Waals surface area (Å²) in [6, 6.07) is 0. The predicted molar refractivity (Wildman–Crippen MR) is 50.3 cm³/mol. The molecule has 11 heavy (non-hydrogen) atoms. The van der Waals surface area contributed by atoms with Crippen molar-refractivity contribution in [1.82, 2.24) is 5.48 Å². The molecule has 0 aromatic heterocycles. The predicted octanol–water partition coefficient (Wildman–Crippen LogP) is -0.927. The van der Waals surface area contributed by atoms with E-state index in [1.54, 1.807) is 0 Å². The van der Waals surface area contributed by atoms with Crippen molar-refractivity contribution in [2.24, 2.45) is 0 Å². The molecule has 66 valence electrons. The molecule has 0 radical (unpaired) electrons. The zero-order valence-corrected chi connectivity index (χ0v) is 7.42. The van der Waals surface area contributed by atoms with E-state index in [9.17, 15) is 0 Å². The first kappa shape index (κ1) is 14.8. The maximum absolute atomic E-state index is 8.92. The summed E-state index contributed by atoms with van der Waals surface area (Å²) in [6.45, 7) is 4.43. The van der Waals surface area contributed by atoms with Gasteiger partial charge in [-0.15, -0.1) is 0 Å². The van der Waals surface area contributed by atoms with Gasteiger partial charge in [-0.1, -0.05) is 0 Å². The molecule has 0 saturated carbocycles. The van der Waals surface area contributed by atoms with Gasteiger partial charge < -0.3 is 0 Å². The van der Waals surface area contributed by atoms with Crippen LogP contribution >= 0.6 is 7.72 Å². The molecule has 0 spiro atoms. The monoisotopic (exact) mass is 193 g/mol. The van der Waals surface area contributed by atoms with Gasteiger partial charge in [0.15, 0.2) is 0 Å². The van der Waals surface area contributed by atoms with E-state index in [1.165, 1.54) is 6.66 Å². The molecule has 0 bridgehead atoms. The van der Waals surface area contributed by atoms with Gasteiger partial charge in [-0.2, -0.15) is 0 Å². The molecule has 3 N–H and O–H groups in total. The maximum atomic E-state index is 8.92. The van der Waals surface area contributed by atoms with Crippen LogP contribution in [-0.2, 0) is 4.84 Å². The third-order valence-electron chi connectivity index (χ3n) is 0.947. The third kappa shape index (κ3) is 14.2. The Morgan fingerprint density at radius 1 is 1.45 bits per heavy atom. The summed E-state index contributed by atoms with van der Waals surface area (Å²) >= 11 is 0. The van der Waals surface area contributed by atoms with Crippen LogP contribution in [-0.4, -0.2) is 65.3 Å². The molecule has 0 aliphatic carbocycles. The van der Waals surface area contributed by atoms with Crippen molar-refractivity contribution >= 4 is 37.3 Å². The first-order valence-electron chi connectivity index (χ1n) is 3.35. The van der Waals surface area contributed by atoms with Crippen molar-refractivity contribution in [3.63, 3.8) is 0 Å². The molecule has 0 atom stereocenters. The van der Waals surface area contributed by atoms with Crippen molar-refractivity contribution < 1.29 is 14.6 Å². The number of rotatable bonds is 5. The van der Waals surface area contributed by atoms with Crippen LogP contribution in [0.2, 0.25) is 0 Å². The van der Waals surface area contributed by atoms with Gasteiger partial charge >= 0.3 is 90.3 Å². The Morgan fingerprint density at radius 3 is 2.36 bits per heavy atom. The van der Waals surface area contributed by atoms with Crippen LogP contribution in [0.3, 0.4) is 0 Å². The van der Waals surface area contributed by atoms with Crippen molar-refractivity contribution in [3.8, 4) is 0 Å². The Kier molecular flexibility index (Phi) is 10.6. The average Bonchev–Trinajstić information content (AvgIpc) is 1.78. The fourth-order valence-electron chi connectivity index (χ4n) is 0.462. The van der Waals surface area contributed by atoms with Gasteiger partial charge in [0, 0.05) is 0 Å². The van der Waals surface area contributed by atoms with Crippen molar-refractivity contribution in [2.45, 2.75) is 6.92 Å². The molecule has 0 aliphatic rings. The van der Waals surface area contributed by atoms with E-state index in [1.807, 2.05) is 6.92 Å². The van der Waals surface area contributed by atoms with Gasteiger partial charge in [0.2, 0.25) is 0 Å². The minimum atomic E-state index is -2.85. The van der Waals surface area contributed by atoms with Crippen molar-refractivity contribution in [3.05, 3.63) is 0 Å². The van der Waals surface area contributed by atoms with Crippen molar-refractivity contribution in [2.75, 3.05) is 26.0 Å². The summed E-state index contributed by atoms with van der Waals surface area (Å²) in [6.07, 6.45) is 0.396. The molecule has 0 fully saturated rings. The van der Waals surface area contributed by atoms with Crippen LogP contribution in [0.15, 0.2) is 0 Å². The summed E-state index contributed by atoms with van der Waals surface area (Å²) < 4.78 is 0. The number of nitrogens with one attached hydrogen (secondary N) is 1. The molecule has 0 aromatic carbocycles. The molecule has 0 unspecified atom stereocenters. The zero-order chi connectivity index (χ0) is 8.04.